The molecule has 1 atom stereocenters. The first kappa shape index (κ1) is 25.8. The van der Waals surface area contributed by atoms with Gasteiger partial charge in [-0.15, -0.1) is 0 Å². The maximum absolute atomic E-state index is 10.3. The van der Waals surface area contributed by atoms with Crippen molar-refractivity contribution >= 4 is 0 Å². The van der Waals surface area contributed by atoms with E-state index in [2.05, 4.69) is 27.7 Å². The van der Waals surface area contributed by atoms with Crippen molar-refractivity contribution < 1.29 is 14.9 Å². The van der Waals surface area contributed by atoms with Gasteiger partial charge in [-0.05, 0) is 55.2 Å². The molecule has 4 heteroatoms. The Kier molecular flexibility index (Phi) is 12.3. The Labute approximate surface area is 178 Å². The fraction of sp³-hybridized carbons (Fsp3) is 0.760. The van der Waals surface area contributed by atoms with Crippen LogP contribution in [0.25, 0.3) is 0 Å². The van der Waals surface area contributed by atoms with Crippen molar-refractivity contribution in [1.29, 1.82) is 0 Å². The predicted octanol–water partition coefficient (Wildman–Crippen LogP) is 5.83. The van der Waals surface area contributed by atoms with Crippen molar-refractivity contribution in [3.8, 4) is 11.5 Å². The van der Waals surface area contributed by atoms with Gasteiger partial charge in [-0.2, -0.15) is 0 Å². The molecule has 168 valence electrons. The monoisotopic (exact) mass is 407 g/mol. The van der Waals surface area contributed by atoms with E-state index in [0.29, 0.717) is 24.7 Å². The van der Waals surface area contributed by atoms with E-state index in [1.807, 2.05) is 12.1 Å². The lowest BCUT2D eigenvalue weighted by Crippen LogP contribution is -2.45. The fourth-order valence-corrected chi connectivity index (χ4v) is 3.84. The Morgan fingerprint density at radius 2 is 1.62 bits per heavy atom. The van der Waals surface area contributed by atoms with Crippen LogP contribution < -0.4 is 10.5 Å². The number of phenols is 1. The summed E-state index contributed by atoms with van der Waals surface area (Å²) in [5.74, 6) is 1.99. The second-order valence-electron chi connectivity index (χ2n) is 9.57. The quantitative estimate of drug-likeness (QED) is 0.302. The molecule has 4 nitrogen and oxygen atoms in total. The van der Waals surface area contributed by atoms with Gasteiger partial charge in [-0.25, -0.2) is 0 Å². The number of aliphatic hydroxyl groups is 1. The highest BCUT2D eigenvalue weighted by Crippen LogP contribution is 2.29. The van der Waals surface area contributed by atoms with Crippen LogP contribution in [0.5, 0.6) is 11.5 Å². The Morgan fingerprint density at radius 1 is 0.966 bits per heavy atom. The van der Waals surface area contributed by atoms with E-state index in [1.165, 1.54) is 38.5 Å². The third-order valence-corrected chi connectivity index (χ3v) is 5.50. The third kappa shape index (κ3) is 11.5. The molecule has 1 aromatic rings. The molecule has 0 radical (unpaired) electrons. The Morgan fingerprint density at radius 3 is 2.21 bits per heavy atom. The van der Waals surface area contributed by atoms with Crippen LogP contribution in [-0.4, -0.2) is 29.0 Å². The van der Waals surface area contributed by atoms with E-state index in [0.717, 1.165) is 30.7 Å². The minimum Gasteiger partial charge on any atom is -0.504 e. The summed E-state index contributed by atoms with van der Waals surface area (Å²) in [5, 5.41) is 19.9. The summed E-state index contributed by atoms with van der Waals surface area (Å²) in [6.45, 7) is 9.42. The minimum absolute atomic E-state index is 0.0178. The molecule has 1 unspecified atom stereocenters. The molecular weight excluding hydrogens is 362 g/mol. The molecule has 0 bridgehead atoms. The second kappa shape index (κ2) is 13.9. The maximum Gasteiger partial charge on any atom is 0.160 e. The van der Waals surface area contributed by atoms with E-state index < -0.39 is 5.54 Å². The van der Waals surface area contributed by atoms with Gasteiger partial charge in [0.05, 0.1) is 13.2 Å². The number of aliphatic hydroxyl groups excluding tert-OH is 1. The smallest absolute Gasteiger partial charge is 0.160 e. The SMILES string of the molecule is CC(C)CCCCCCCCOc1ccc(CCC(N)(CO)CC(C)C)cc1O. The van der Waals surface area contributed by atoms with Crippen LogP contribution in [-0.2, 0) is 6.42 Å². The molecule has 0 fully saturated rings. The number of nitrogens with two attached hydrogens (primary N) is 1. The molecule has 0 saturated carbocycles. The Hall–Kier alpha value is -1.26. The zero-order chi connectivity index (χ0) is 21.7. The molecule has 0 amide bonds. The summed E-state index contributed by atoms with van der Waals surface area (Å²) in [5.41, 5.74) is 6.78. The topological polar surface area (TPSA) is 75.7 Å². The molecule has 1 rings (SSSR count). The summed E-state index contributed by atoms with van der Waals surface area (Å²) in [6, 6.07) is 5.59. The number of rotatable bonds is 16. The lowest BCUT2D eigenvalue weighted by atomic mass is 9.85. The molecule has 1 aromatic carbocycles. The van der Waals surface area contributed by atoms with Crippen LogP contribution in [0.1, 0.15) is 91.0 Å². The predicted molar refractivity (Wildman–Crippen MR) is 123 cm³/mol. The van der Waals surface area contributed by atoms with Crippen LogP contribution in [0.15, 0.2) is 18.2 Å². The first-order chi connectivity index (χ1) is 13.8. The largest absolute Gasteiger partial charge is 0.504 e. The zero-order valence-corrected chi connectivity index (χ0v) is 19.3. The minimum atomic E-state index is -0.562. The molecule has 0 spiro atoms. The van der Waals surface area contributed by atoms with Gasteiger partial charge < -0.3 is 20.7 Å². The number of aromatic hydroxyl groups is 1. The number of hydrogen-bond donors (Lipinski definition) is 3. The van der Waals surface area contributed by atoms with Crippen LogP contribution in [0, 0.1) is 11.8 Å². The van der Waals surface area contributed by atoms with E-state index in [9.17, 15) is 10.2 Å². The second-order valence-corrected chi connectivity index (χ2v) is 9.57. The molecule has 29 heavy (non-hydrogen) atoms. The van der Waals surface area contributed by atoms with Crippen molar-refractivity contribution in [2.75, 3.05) is 13.2 Å². The van der Waals surface area contributed by atoms with E-state index >= 15 is 0 Å². The van der Waals surface area contributed by atoms with Gasteiger partial charge >= 0.3 is 0 Å². The first-order valence-corrected chi connectivity index (χ1v) is 11.6. The van der Waals surface area contributed by atoms with Crippen molar-refractivity contribution in [2.24, 2.45) is 17.6 Å². The summed E-state index contributed by atoms with van der Waals surface area (Å²) in [7, 11) is 0. The van der Waals surface area contributed by atoms with E-state index in [1.54, 1.807) is 6.07 Å². The lowest BCUT2D eigenvalue weighted by Gasteiger charge is -2.29. The lowest BCUT2D eigenvalue weighted by molar-refractivity contribution is 0.165. The van der Waals surface area contributed by atoms with Gasteiger partial charge in [0.1, 0.15) is 0 Å². The standard InChI is InChI=1S/C25H45NO3/c1-20(2)11-9-7-5-6-8-10-16-29-24-13-12-22(17-23(24)28)14-15-25(26,19-27)18-21(3)4/h12-13,17,20-21,27-28H,5-11,14-16,18-19,26H2,1-4H3. The van der Waals surface area contributed by atoms with Crippen molar-refractivity contribution in [3.63, 3.8) is 0 Å². The summed E-state index contributed by atoms with van der Waals surface area (Å²) in [4.78, 5) is 0. The molecule has 0 heterocycles. The highest BCUT2D eigenvalue weighted by molar-refractivity contribution is 5.41. The molecule has 4 N–H and O–H groups in total. The average molecular weight is 408 g/mol. The van der Waals surface area contributed by atoms with Gasteiger partial charge in [0.2, 0.25) is 0 Å². The van der Waals surface area contributed by atoms with Gasteiger partial charge in [-0.3, -0.25) is 0 Å². The normalized spacial score (nSPS) is 13.8. The number of benzene rings is 1. The highest BCUT2D eigenvalue weighted by atomic mass is 16.5. The van der Waals surface area contributed by atoms with Gasteiger partial charge in [0.25, 0.3) is 0 Å². The number of phenolic OH excluding ortho intramolecular Hbond substituents is 1. The zero-order valence-electron chi connectivity index (χ0n) is 19.3. The maximum atomic E-state index is 10.3. The van der Waals surface area contributed by atoms with Crippen molar-refractivity contribution in [3.05, 3.63) is 23.8 Å². The highest BCUT2D eigenvalue weighted by Gasteiger charge is 2.25. The Balaban J connectivity index is 2.29. The Bertz CT molecular complexity index is 559. The van der Waals surface area contributed by atoms with Gasteiger partial charge in [-0.1, -0.05) is 72.3 Å². The number of aryl methyl sites for hydroxylation is 1. The number of hydrogen-bond acceptors (Lipinski definition) is 4. The van der Waals surface area contributed by atoms with Crippen LogP contribution >= 0.6 is 0 Å². The van der Waals surface area contributed by atoms with Gasteiger partial charge in [0, 0.05) is 5.54 Å². The molecule has 0 saturated heterocycles. The van der Waals surface area contributed by atoms with Crippen LogP contribution in [0.3, 0.4) is 0 Å². The van der Waals surface area contributed by atoms with Crippen LogP contribution in [0.4, 0.5) is 0 Å². The summed E-state index contributed by atoms with van der Waals surface area (Å²) < 4.78 is 5.76. The van der Waals surface area contributed by atoms with Gasteiger partial charge in [0.15, 0.2) is 11.5 Å². The molecule has 0 aliphatic carbocycles. The van der Waals surface area contributed by atoms with E-state index in [-0.39, 0.29) is 12.4 Å². The van der Waals surface area contributed by atoms with Crippen molar-refractivity contribution in [1.82, 2.24) is 0 Å². The fourth-order valence-electron chi connectivity index (χ4n) is 3.84. The van der Waals surface area contributed by atoms with E-state index in [4.69, 9.17) is 10.5 Å². The van der Waals surface area contributed by atoms with Crippen LogP contribution in [0.2, 0.25) is 0 Å². The molecule has 0 aliphatic heterocycles. The molecule has 0 aromatic heterocycles. The third-order valence-electron chi connectivity index (χ3n) is 5.50. The van der Waals surface area contributed by atoms with Crippen molar-refractivity contribution in [2.45, 2.75) is 97.4 Å². The molecule has 0 aliphatic rings. The first-order valence-electron chi connectivity index (χ1n) is 11.6. The molecular formula is C25H45NO3. The summed E-state index contributed by atoms with van der Waals surface area (Å²) >= 11 is 0. The number of unbranched alkanes of at least 4 members (excludes halogenated alkanes) is 5. The average Bonchev–Trinajstić information content (AvgIpc) is 2.65. The summed E-state index contributed by atoms with van der Waals surface area (Å²) in [6.07, 6.45) is 11.0. The number of ether oxygens (including phenoxy) is 1.